The Labute approximate surface area is 126 Å². The summed E-state index contributed by atoms with van der Waals surface area (Å²) in [6.07, 6.45) is -4.53. The fourth-order valence-electron chi connectivity index (χ4n) is 1.51. The van der Waals surface area contributed by atoms with Gasteiger partial charge in [-0.3, -0.25) is 0 Å². The molecule has 1 aromatic rings. The summed E-state index contributed by atoms with van der Waals surface area (Å²) in [6, 6.07) is 1.46. The van der Waals surface area contributed by atoms with Crippen molar-refractivity contribution < 1.29 is 26.0 Å². The molecule has 0 spiro atoms. The van der Waals surface area contributed by atoms with Gasteiger partial charge in [-0.25, -0.2) is 17.5 Å². The molecule has 0 aliphatic rings. The Morgan fingerprint density at radius 1 is 1.19 bits per heavy atom. The van der Waals surface area contributed by atoms with E-state index in [0.717, 1.165) is 0 Å². The van der Waals surface area contributed by atoms with Gasteiger partial charge in [0.05, 0.1) is 10.5 Å². The third-order valence-electron chi connectivity index (χ3n) is 2.43. The van der Waals surface area contributed by atoms with Crippen LogP contribution in [0.5, 0.6) is 0 Å². The number of benzene rings is 1. The first-order valence-corrected chi connectivity index (χ1v) is 7.18. The van der Waals surface area contributed by atoms with Crippen molar-refractivity contribution in [1.29, 1.82) is 0 Å². The highest BCUT2D eigenvalue weighted by molar-refractivity contribution is 7.89. The molecule has 0 atom stereocenters. The maximum Gasteiger partial charge on any atom is 0.417 e. The number of rotatable bonds is 6. The molecule has 1 aromatic carbocycles. The van der Waals surface area contributed by atoms with Gasteiger partial charge in [-0.15, -0.1) is 12.4 Å². The lowest BCUT2D eigenvalue weighted by atomic mass is 10.2. The van der Waals surface area contributed by atoms with E-state index in [9.17, 15) is 26.0 Å². The number of hydrogen-bond acceptors (Lipinski definition) is 3. The monoisotopic (exact) mass is 350 g/mol. The van der Waals surface area contributed by atoms with Gasteiger partial charge in [0, 0.05) is 6.54 Å². The number of sulfonamides is 1. The van der Waals surface area contributed by atoms with E-state index in [0.29, 0.717) is 25.1 Å². The first-order valence-electron chi connectivity index (χ1n) is 5.69. The Morgan fingerprint density at radius 3 is 2.33 bits per heavy atom. The smallest absolute Gasteiger partial charge is 0.320 e. The topological polar surface area (TPSA) is 58.2 Å². The Morgan fingerprint density at radius 2 is 1.81 bits per heavy atom. The van der Waals surface area contributed by atoms with Crippen molar-refractivity contribution in [3.05, 3.63) is 29.6 Å². The van der Waals surface area contributed by atoms with Crippen molar-refractivity contribution in [1.82, 2.24) is 10.0 Å². The SMILES string of the molecule is CNCCCNS(=O)(=O)c1ccc(F)cc1C(F)(F)F.Cl. The molecule has 0 saturated carbocycles. The summed E-state index contributed by atoms with van der Waals surface area (Å²) in [4.78, 5) is -0.976. The second kappa shape index (κ2) is 7.92. The third-order valence-corrected chi connectivity index (χ3v) is 3.95. The van der Waals surface area contributed by atoms with Gasteiger partial charge in [-0.05, 0) is 38.2 Å². The van der Waals surface area contributed by atoms with E-state index in [1.54, 1.807) is 7.05 Å². The molecule has 10 heteroatoms. The first-order chi connectivity index (χ1) is 9.18. The maximum atomic E-state index is 12.9. The summed E-state index contributed by atoms with van der Waals surface area (Å²) in [7, 11) is -2.67. The molecule has 4 nitrogen and oxygen atoms in total. The van der Waals surface area contributed by atoms with Crippen LogP contribution in [-0.2, 0) is 16.2 Å². The highest BCUT2D eigenvalue weighted by Gasteiger charge is 2.37. The zero-order valence-corrected chi connectivity index (χ0v) is 12.6. The van der Waals surface area contributed by atoms with Crippen molar-refractivity contribution >= 4 is 22.4 Å². The van der Waals surface area contributed by atoms with Crippen LogP contribution in [0.1, 0.15) is 12.0 Å². The fraction of sp³-hybridized carbons (Fsp3) is 0.455. The lowest BCUT2D eigenvalue weighted by Crippen LogP contribution is -2.28. The minimum atomic E-state index is -4.95. The molecule has 2 N–H and O–H groups in total. The highest BCUT2D eigenvalue weighted by atomic mass is 35.5. The van der Waals surface area contributed by atoms with Crippen molar-refractivity contribution in [2.45, 2.75) is 17.5 Å². The van der Waals surface area contributed by atoms with Crippen molar-refractivity contribution in [3.63, 3.8) is 0 Å². The Hall–Kier alpha value is -0.900. The molecule has 21 heavy (non-hydrogen) atoms. The Kier molecular flexibility index (Phi) is 7.58. The lowest BCUT2D eigenvalue weighted by Gasteiger charge is -2.14. The van der Waals surface area contributed by atoms with Crippen LogP contribution < -0.4 is 10.0 Å². The Balaban J connectivity index is 0.00000400. The average molecular weight is 351 g/mol. The summed E-state index contributed by atoms with van der Waals surface area (Å²) in [5, 5.41) is 2.77. The molecule has 0 bridgehead atoms. The zero-order chi connectivity index (χ0) is 15.4. The average Bonchev–Trinajstić information content (AvgIpc) is 2.33. The van der Waals surface area contributed by atoms with Gasteiger partial charge in [0.15, 0.2) is 0 Å². The largest absolute Gasteiger partial charge is 0.417 e. The lowest BCUT2D eigenvalue weighted by molar-refractivity contribution is -0.140. The fourth-order valence-corrected chi connectivity index (χ4v) is 2.79. The van der Waals surface area contributed by atoms with Crippen molar-refractivity contribution in [2.24, 2.45) is 0 Å². The van der Waals surface area contributed by atoms with E-state index in [2.05, 4.69) is 10.0 Å². The van der Waals surface area contributed by atoms with Crippen LogP contribution in [0.4, 0.5) is 17.6 Å². The van der Waals surface area contributed by atoms with Crippen LogP contribution in [0.2, 0.25) is 0 Å². The van der Waals surface area contributed by atoms with Crippen LogP contribution in [0, 0.1) is 5.82 Å². The van der Waals surface area contributed by atoms with E-state index >= 15 is 0 Å². The highest BCUT2D eigenvalue weighted by Crippen LogP contribution is 2.34. The molecular formula is C11H15ClF4N2O2S. The second-order valence-corrected chi connectivity index (χ2v) is 5.73. The third kappa shape index (κ3) is 5.77. The summed E-state index contributed by atoms with van der Waals surface area (Å²) >= 11 is 0. The van der Waals surface area contributed by atoms with Crippen molar-refractivity contribution in [2.75, 3.05) is 20.1 Å². The van der Waals surface area contributed by atoms with Crippen LogP contribution >= 0.6 is 12.4 Å². The molecule has 0 saturated heterocycles. The minimum absolute atomic E-state index is 0. The minimum Gasteiger partial charge on any atom is -0.320 e. The van der Waals surface area contributed by atoms with Crippen LogP contribution in [0.3, 0.4) is 0 Å². The molecule has 0 amide bonds. The van der Waals surface area contributed by atoms with E-state index < -0.39 is 32.5 Å². The van der Waals surface area contributed by atoms with E-state index in [-0.39, 0.29) is 25.0 Å². The molecule has 0 heterocycles. The molecule has 0 aliphatic heterocycles. The predicted molar refractivity (Wildman–Crippen MR) is 72.4 cm³/mol. The molecular weight excluding hydrogens is 336 g/mol. The van der Waals surface area contributed by atoms with E-state index in [1.807, 2.05) is 0 Å². The van der Waals surface area contributed by atoms with Crippen LogP contribution in [0.15, 0.2) is 23.1 Å². The van der Waals surface area contributed by atoms with Gasteiger partial charge in [-0.1, -0.05) is 0 Å². The van der Waals surface area contributed by atoms with Gasteiger partial charge in [0.25, 0.3) is 0 Å². The van der Waals surface area contributed by atoms with Crippen LogP contribution in [0.25, 0.3) is 0 Å². The van der Waals surface area contributed by atoms with Gasteiger partial charge in [0.1, 0.15) is 5.82 Å². The molecule has 0 unspecified atom stereocenters. The quantitative estimate of drug-likeness (QED) is 0.610. The zero-order valence-electron chi connectivity index (χ0n) is 11.0. The van der Waals surface area contributed by atoms with Gasteiger partial charge < -0.3 is 5.32 Å². The summed E-state index contributed by atoms with van der Waals surface area (Å²) < 4.78 is 76.8. The van der Waals surface area contributed by atoms with E-state index in [1.165, 1.54) is 0 Å². The molecule has 0 aliphatic carbocycles. The number of hydrogen-bond donors (Lipinski definition) is 2. The molecule has 122 valence electrons. The number of nitrogens with one attached hydrogen (secondary N) is 2. The normalized spacial score (nSPS) is 12.0. The van der Waals surface area contributed by atoms with E-state index in [4.69, 9.17) is 0 Å². The maximum absolute atomic E-state index is 12.9. The summed E-state index contributed by atoms with van der Waals surface area (Å²) in [5.74, 6) is -1.15. The summed E-state index contributed by atoms with van der Waals surface area (Å²) in [5.41, 5.74) is -1.52. The van der Waals surface area contributed by atoms with Gasteiger partial charge >= 0.3 is 6.18 Å². The van der Waals surface area contributed by atoms with Crippen LogP contribution in [-0.4, -0.2) is 28.6 Å². The number of halogens is 5. The Bertz CT molecular complexity index is 564. The standard InChI is InChI=1S/C11H14F4N2O2S.ClH/c1-16-5-2-6-17-20(18,19)10-4-3-8(12)7-9(10)11(13,14)15;/h3-4,7,16-17H,2,5-6H2,1H3;1H. The molecule has 0 aromatic heterocycles. The molecule has 1 rings (SSSR count). The second-order valence-electron chi connectivity index (χ2n) is 3.99. The number of alkyl halides is 3. The molecule has 0 radical (unpaired) electrons. The van der Waals surface area contributed by atoms with Crippen molar-refractivity contribution in [3.8, 4) is 0 Å². The van der Waals surface area contributed by atoms with Gasteiger partial charge in [0.2, 0.25) is 10.0 Å². The predicted octanol–water partition coefficient (Wildman–Crippen LogP) is 2.15. The summed E-state index contributed by atoms with van der Waals surface area (Å²) in [6.45, 7) is 0.496. The first kappa shape index (κ1) is 20.1. The van der Waals surface area contributed by atoms with Gasteiger partial charge in [-0.2, -0.15) is 13.2 Å². The molecule has 0 fully saturated rings.